The van der Waals surface area contributed by atoms with Gasteiger partial charge >= 0.3 is 0 Å². The summed E-state index contributed by atoms with van der Waals surface area (Å²) < 4.78 is 0. The van der Waals surface area contributed by atoms with Crippen LogP contribution >= 0.6 is 0 Å². The van der Waals surface area contributed by atoms with Crippen molar-refractivity contribution in [1.82, 2.24) is 10.4 Å². The number of pyridine rings is 1. The van der Waals surface area contributed by atoms with E-state index in [1.807, 2.05) is 12.3 Å². The Labute approximate surface area is 91.1 Å². The number of nitrogens with two attached hydrogens (primary N) is 1. The van der Waals surface area contributed by atoms with Crippen LogP contribution in [-0.4, -0.2) is 4.98 Å². The van der Waals surface area contributed by atoms with Gasteiger partial charge < -0.3 is 0 Å². The number of nitrogens with one attached hydrogen (secondary N) is 1. The van der Waals surface area contributed by atoms with Gasteiger partial charge in [-0.3, -0.25) is 16.3 Å². The molecule has 15 heavy (non-hydrogen) atoms. The van der Waals surface area contributed by atoms with Crippen LogP contribution in [0.15, 0.2) is 24.5 Å². The van der Waals surface area contributed by atoms with Gasteiger partial charge in [-0.15, -0.1) is 0 Å². The number of nitrogens with zero attached hydrogens (tertiary/aromatic N) is 1. The smallest absolute Gasteiger partial charge is 0.0505 e. The highest BCUT2D eigenvalue weighted by Crippen LogP contribution is 2.39. The van der Waals surface area contributed by atoms with Crippen molar-refractivity contribution in [3.05, 3.63) is 30.1 Å². The number of aromatic nitrogens is 1. The van der Waals surface area contributed by atoms with Gasteiger partial charge in [-0.05, 0) is 29.9 Å². The Kier molecular flexibility index (Phi) is 3.34. The molecule has 1 heterocycles. The third-order valence-electron chi connectivity index (χ3n) is 3.58. The van der Waals surface area contributed by atoms with Crippen LogP contribution in [0.5, 0.6) is 0 Å². The summed E-state index contributed by atoms with van der Waals surface area (Å²) in [6.07, 6.45) is 7.63. The summed E-state index contributed by atoms with van der Waals surface area (Å²) in [4.78, 5) is 4.15. The summed E-state index contributed by atoms with van der Waals surface area (Å²) >= 11 is 0. The highest BCUT2D eigenvalue weighted by atomic mass is 15.2. The van der Waals surface area contributed by atoms with Crippen LogP contribution in [0.25, 0.3) is 0 Å². The van der Waals surface area contributed by atoms with Crippen molar-refractivity contribution in [3.8, 4) is 0 Å². The van der Waals surface area contributed by atoms with Crippen LogP contribution < -0.4 is 11.3 Å². The molecule has 3 nitrogen and oxygen atoms in total. The average Bonchev–Trinajstić information content (AvgIpc) is 2.68. The zero-order valence-corrected chi connectivity index (χ0v) is 9.19. The van der Waals surface area contributed by atoms with Gasteiger partial charge in [0.05, 0.1) is 6.04 Å². The van der Waals surface area contributed by atoms with Crippen LogP contribution in [0.4, 0.5) is 0 Å². The standard InChI is InChI=1S/C12H19N3/c1-9-4-2-6-11(9)12(15-13)10-5-3-7-14-8-10/h3,5,7-9,11-12,15H,2,4,6,13H2,1H3. The summed E-state index contributed by atoms with van der Waals surface area (Å²) in [5.74, 6) is 7.08. The zero-order chi connectivity index (χ0) is 10.7. The Bertz CT molecular complexity index is 299. The first kappa shape index (κ1) is 10.6. The molecule has 1 aliphatic rings. The van der Waals surface area contributed by atoms with Gasteiger partial charge in [-0.2, -0.15) is 0 Å². The van der Waals surface area contributed by atoms with E-state index in [4.69, 9.17) is 5.84 Å². The molecule has 0 radical (unpaired) electrons. The fourth-order valence-corrected chi connectivity index (χ4v) is 2.70. The van der Waals surface area contributed by atoms with Crippen molar-refractivity contribution in [3.63, 3.8) is 0 Å². The zero-order valence-electron chi connectivity index (χ0n) is 9.19. The average molecular weight is 205 g/mol. The topological polar surface area (TPSA) is 50.9 Å². The predicted octanol–water partition coefficient (Wildman–Crippen LogP) is 2.02. The monoisotopic (exact) mass is 205 g/mol. The largest absolute Gasteiger partial charge is 0.271 e. The van der Waals surface area contributed by atoms with E-state index < -0.39 is 0 Å². The van der Waals surface area contributed by atoms with E-state index in [0.29, 0.717) is 5.92 Å². The molecule has 1 aliphatic carbocycles. The number of hydrazine groups is 1. The SMILES string of the molecule is CC1CCCC1C(NN)c1cccnc1. The molecule has 82 valence electrons. The van der Waals surface area contributed by atoms with E-state index in [9.17, 15) is 0 Å². The maximum atomic E-state index is 5.67. The lowest BCUT2D eigenvalue weighted by molar-refractivity contribution is 0.304. The first-order chi connectivity index (χ1) is 7.33. The maximum absolute atomic E-state index is 5.67. The summed E-state index contributed by atoms with van der Waals surface area (Å²) in [5.41, 5.74) is 4.16. The van der Waals surface area contributed by atoms with Crippen LogP contribution in [0.2, 0.25) is 0 Å². The molecule has 0 spiro atoms. The molecule has 0 aliphatic heterocycles. The van der Waals surface area contributed by atoms with Crippen molar-refractivity contribution in [2.24, 2.45) is 17.7 Å². The van der Waals surface area contributed by atoms with E-state index >= 15 is 0 Å². The number of hydrogen-bond donors (Lipinski definition) is 2. The summed E-state index contributed by atoms with van der Waals surface area (Å²) in [6.45, 7) is 2.32. The molecule has 2 rings (SSSR count). The number of rotatable bonds is 3. The van der Waals surface area contributed by atoms with Gasteiger partial charge in [0.25, 0.3) is 0 Å². The lowest BCUT2D eigenvalue weighted by Crippen LogP contribution is -2.34. The van der Waals surface area contributed by atoms with Gasteiger partial charge in [0, 0.05) is 12.4 Å². The van der Waals surface area contributed by atoms with Gasteiger partial charge in [0.1, 0.15) is 0 Å². The molecular weight excluding hydrogens is 186 g/mol. The summed E-state index contributed by atoms with van der Waals surface area (Å²) in [5, 5.41) is 0. The molecular formula is C12H19N3. The molecule has 1 saturated carbocycles. The Morgan fingerprint density at radius 1 is 1.53 bits per heavy atom. The minimum absolute atomic E-state index is 0.260. The van der Waals surface area contributed by atoms with Gasteiger partial charge in [0.15, 0.2) is 0 Å². The second-order valence-corrected chi connectivity index (χ2v) is 4.50. The van der Waals surface area contributed by atoms with Gasteiger partial charge in [0.2, 0.25) is 0 Å². The van der Waals surface area contributed by atoms with Crippen molar-refractivity contribution in [1.29, 1.82) is 0 Å². The minimum atomic E-state index is 0.260. The number of hydrogen-bond acceptors (Lipinski definition) is 3. The second kappa shape index (κ2) is 4.73. The van der Waals surface area contributed by atoms with Crippen LogP contribution in [-0.2, 0) is 0 Å². The van der Waals surface area contributed by atoms with E-state index in [-0.39, 0.29) is 6.04 Å². The molecule has 3 N–H and O–H groups in total. The third-order valence-corrected chi connectivity index (χ3v) is 3.58. The van der Waals surface area contributed by atoms with Crippen LogP contribution in [0.3, 0.4) is 0 Å². The molecule has 1 fully saturated rings. The Morgan fingerprint density at radius 2 is 2.40 bits per heavy atom. The fraction of sp³-hybridized carbons (Fsp3) is 0.583. The van der Waals surface area contributed by atoms with Gasteiger partial charge in [-0.1, -0.05) is 25.8 Å². The highest BCUT2D eigenvalue weighted by molar-refractivity contribution is 5.15. The predicted molar refractivity (Wildman–Crippen MR) is 60.8 cm³/mol. The lowest BCUT2D eigenvalue weighted by atomic mass is 9.87. The molecule has 0 saturated heterocycles. The Balaban J connectivity index is 2.17. The van der Waals surface area contributed by atoms with Crippen LogP contribution in [0.1, 0.15) is 37.8 Å². The van der Waals surface area contributed by atoms with Crippen molar-refractivity contribution >= 4 is 0 Å². The molecule has 3 unspecified atom stereocenters. The molecule has 1 aromatic rings. The molecule has 3 heteroatoms. The minimum Gasteiger partial charge on any atom is -0.271 e. The van der Waals surface area contributed by atoms with E-state index in [1.165, 1.54) is 24.8 Å². The highest BCUT2D eigenvalue weighted by Gasteiger charge is 2.31. The summed E-state index contributed by atoms with van der Waals surface area (Å²) in [6, 6.07) is 4.33. The van der Waals surface area contributed by atoms with Crippen molar-refractivity contribution in [2.75, 3.05) is 0 Å². The Hall–Kier alpha value is -0.930. The maximum Gasteiger partial charge on any atom is 0.0505 e. The first-order valence-corrected chi connectivity index (χ1v) is 5.69. The van der Waals surface area contributed by atoms with E-state index in [0.717, 1.165) is 5.92 Å². The van der Waals surface area contributed by atoms with Crippen molar-refractivity contribution in [2.45, 2.75) is 32.2 Å². The molecule has 0 bridgehead atoms. The third kappa shape index (κ3) is 2.19. The quantitative estimate of drug-likeness (QED) is 0.586. The lowest BCUT2D eigenvalue weighted by Gasteiger charge is -2.26. The molecule has 0 aromatic carbocycles. The fourth-order valence-electron chi connectivity index (χ4n) is 2.70. The molecule has 0 amide bonds. The summed E-state index contributed by atoms with van der Waals surface area (Å²) in [7, 11) is 0. The molecule has 1 aromatic heterocycles. The second-order valence-electron chi connectivity index (χ2n) is 4.50. The first-order valence-electron chi connectivity index (χ1n) is 5.69. The van der Waals surface area contributed by atoms with Crippen molar-refractivity contribution < 1.29 is 0 Å². The molecule has 3 atom stereocenters. The van der Waals surface area contributed by atoms with E-state index in [2.05, 4.69) is 23.4 Å². The van der Waals surface area contributed by atoms with Crippen LogP contribution in [0, 0.1) is 11.8 Å². The normalized spacial score (nSPS) is 27.9. The van der Waals surface area contributed by atoms with E-state index in [1.54, 1.807) is 6.20 Å². The Morgan fingerprint density at radius 3 is 2.93 bits per heavy atom. The van der Waals surface area contributed by atoms with Gasteiger partial charge in [-0.25, -0.2) is 0 Å².